The highest BCUT2D eigenvalue weighted by Gasteiger charge is 2.12. The first-order valence-electron chi connectivity index (χ1n) is 8.16. The third kappa shape index (κ3) is 4.27. The monoisotopic (exact) mass is 356 g/mol. The Kier molecular flexibility index (Phi) is 5.63. The molecule has 1 aromatic heterocycles. The zero-order chi connectivity index (χ0) is 18.4. The summed E-state index contributed by atoms with van der Waals surface area (Å²) in [6.45, 7) is 0.454. The summed E-state index contributed by atoms with van der Waals surface area (Å²) in [6, 6.07) is 12.7. The molecule has 0 unspecified atom stereocenters. The average Bonchev–Trinajstić information content (AvgIpc) is 3.07. The Bertz CT molecular complexity index is 866. The first kappa shape index (κ1) is 17.7. The van der Waals surface area contributed by atoms with E-state index in [0.717, 1.165) is 16.7 Å². The number of hydrogen-bond acceptors (Lipinski definition) is 6. The summed E-state index contributed by atoms with van der Waals surface area (Å²) in [5.41, 5.74) is 1.46. The molecule has 0 fully saturated rings. The Morgan fingerprint density at radius 2 is 1.62 bits per heavy atom. The van der Waals surface area contributed by atoms with Crippen LogP contribution < -0.4 is 14.2 Å². The minimum Gasteiger partial charge on any atom is -0.497 e. The molecule has 0 radical (unpaired) electrons. The van der Waals surface area contributed by atoms with Crippen LogP contribution in [-0.2, 0) is 16.0 Å². The number of carbonyl (C=O) groups is 1. The summed E-state index contributed by atoms with van der Waals surface area (Å²) in [6.07, 6.45) is 1.71. The van der Waals surface area contributed by atoms with Crippen LogP contribution in [0.1, 0.15) is 5.56 Å². The van der Waals surface area contributed by atoms with Crippen molar-refractivity contribution in [2.75, 3.05) is 27.4 Å². The number of methoxy groups -OCH3 is 2. The van der Waals surface area contributed by atoms with Gasteiger partial charge in [0.1, 0.15) is 36.0 Å². The van der Waals surface area contributed by atoms with Crippen molar-refractivity contribution in [1.29, 1.82) is 0 Å². The second kappa shape index (κ2) is 8.29. The van der Waals surface area contributed by atoms with Crippen LogP contribution in [0.2, 0.25) is 0 Å². The summed E-state index contributed by atoms with van der Waals surface area (Å²) >= 11 is 0. The van der Waals surface area contributed by atoms with E-state index in [1.165, 1.54) is 0 Å². The van der Waals surface area contributed by atoms with Gasteiger partial charge in [-0.3, -0.25) is 4.79 Å². The summed E-state index contributed by atoms with van der Waals surface area (Å²) in [4.78, 5) is 12.0. The van der Waals surface area contributed by atoms with Crippen LogP contribution in [0.15, 0.2) is 53.1 Å². The maximum absolute atomic E-state index is 12.0. The molecule has 136 valence electrons. The lowest BCUT2D eigenvalue weighted by Crippen LogP contribution is -2.13. The van der Waals surface area contributed by atoms with Crippen LogP contribution in [0.3, 0.4) is 0 Å². The highest BCUT2D eigenvalue weighted by molar-refractivity contribution is 5.86. The van der Waals surface area contributed by atoms with Crippen LogP contribution in [0.4, 0.5) is 0 Å². The predicted octanol–water partition coefficient (Wildman–Crippen LogP) is 3.61. The van der Waals surface area contributed by atoms with Gasteiger partial charge in [0.2, 0.25) is 0 Å². The molecule has 0 saturated heterocycles. The maximum atomic E-state index is 12.0. The van der Waals surface area contributed by atoms with Crippen molar-refractivity contribution in [2.24, 2.45) is 0 Å². The van der Waals surface area contributed by atoms with Gasteiger partial charge in [-0.05, 0) is 36.4 Å². The quantitative estimate of drug-likeness (QED) is 0.454. The fourth-order valence-electron chi connectivity index (χ4n) is 2.52. The molecule has 6 nitrogen and oxygen atoms in total. The Labute approximate surface area is 151 Å². The zero-order valence-electron chi connectivity index (χ0n) is 14.7. The van der Waals surface area contributed by atoms with E-state index in [1.54, 1.807) is 50.8 Å². The number of fused-ring (bicyclic) bond motifs is 1. The number of esters is 1. The van der Waals surface area contributed by atoms with Crippen LogP contribution in [0.5, 0.6) is 17.2 Å². The van der Waals surface area contributed by atoms with E-state index in [0.29, 0.717) is 17.1 Å². The van der Waals surface area contributed by atoms with Crippen molar-refractivity contribution in [3.8, 4) is 17.2 Å². The van der Waals surface area contributed by atoms with Gasteiger partial charge in [-0.2, -0.15) is 0 Å². The molecule has 3 aromatic rings. The van der Waals surface area contributed by atoms with Gasteiger partial charge in [0.05, 0.1) is 26.9 Å². The highest BCUT2D eigenvalue weighted by Crippen LogP contribution is 2.26. The SMILES string of the molecule is COc1ccc(OCCOC(=O)Cc2coc3cc(OC)ccc23)cc1. The molecule has 3 rings (SSSR count). The van der Waals surface area contributed by atoms with Crippen molar-refractivity contribution in [3.63, 3.8) is 0 Å². The molecular formula is C20H20O6. The van der Waals surface area contributed by atoms with Gasteiger partial charge in [0, 0.05) is 17.0 Å². The van der Waals surface area contributed by atoms with E-state index in [9.17, 15) is 4.79 Å². The summed E-state index contributed by atoms with van der Waals surface area (Å²) in [7, 11) is 3.20. The predicted molar refractivity (Wildman–Crippen MR) is 95.9 cm³/mol. The van der Waals surface area contributed by atoms with Crippen LogP contribution in [-0.4, -0.2) is 33.4 Å². The fraction of sp³-hybridized carbons (Fsp3) is 0.250. The number of furan rings is 1. The first-order chi connectivity index (χ1) is 12.7. The Balaban J connectivity index is 1.46. The molecule has 0 spiro atoms. The number of benzene rings is 2. The summed E-state index contributed by atoms with van der Waals surface area (Å²) in [5.74, 6) is 1.82. The minimum atomic E-state index is -0.332. The van der Waals surface area contributed by atoms with E-state index < -0.39 is 0 Å². The molecule has 0 bridgehead atoms. The lowest BCUT2D eigenvalue weighted by molar-refractivity contribution is -0.143. The van der Waals surface area contributed by atoms with E-state index in [1.807, 2.05) is 12.1 Å². The van der Waals surface area contributed by atoms with Crippen LogP contribution in [0.25, 0.3) is 11.0 Å². The standard InChI is InChI=1S/C20H20O6/c1-22-15-3-5-16(6-4-15)24-9-10-25-20(21)11-14-13-26-19-12-17(23-2)7-8-18(14)19/h3-8,12-13H,9-11H2,1-2H3. The smallest absolute Gasteiger partial charge is 0.310 e. The third-order valence-electron chi connectivity index (χ3n) is 3.87. The molecule has 2 aromatic carbocycles. The highest BCUT2D eigenvalue weighted by atomic mass is 16.6. The topological polar surface area (TPSA) is 67.1 Å². The van der Waals surface area contributed by atoms with Crippen molar-refractivity contribution in [1.82, 2.24) is 0 Å². The van der Waals surface area contributed by atoms with E-state index in [2.05, 4.69) is 0 Å². The van der Waals surface area contributed by atoms with Gasteiger partial charge in [-0.25, -0.2) is 0 Å². The Morgan fingerprint density at radius 1 is 0.923 bits per heavy atom. The largest absolute Gasteiger partial charge is 0.497 e. The van der Waals surface area contributed by atoms with Crippen LogP contribution in [0, 0.1) is 0 Å². The van der Waals surface area contributed by atoms with E-state index in [4.69, 9.17) is 23.4 Å². The first-order valence-corrected chi connectivity index (χ1v) is 8.16. The normalized spacial score (nSPS) is 10.5. The van der Waals surface area contributed by atoms with Crippen molar-refractivity contribution < 1.29 is 28.2 Å². The number of hydrogen-bond donors (Lipinski definition) is 0. The van der Waals surface area contributed by atoms with Gasteiger partial charge < -0.3 is 23.4 Å². The van der Waals surface area contributed by atoms with E-state index >= 15 is 0 Å². The molecule has 6 heteroatoms. The van der Waals surface area contributed by atoms with Crippen molar-refractivity contribution in [3.05, 3.63) is 54.3 Å². The molecule has 26 heavy (non-hydrogen) atoms. The average molecular weight is 356 g/mol. The minimum absolute atomic E-state index is 0.141. The molecule has 0 atom stereocenters. The van der Waals surface area contributed by atoms with Gasteiger partial charge in [-0.1, -0.05) is 0 Å². The Hall–Kier alpha value is -3.15. The summed E-state index contributed by atoms with van der Waals surface area (Å²) in [5, 5.41) is 0.872. The van der Waals surface area contributed by atoms with Gasteiger partial charge in [-0.15, -0.1) is 0 Å². The van der Waals surface area contributed by atoms with Crippen LogP contribution >= 0.6 is 0 Å². The molecule has 0 N–H and O–H groups in total. The molecule has 0 amide bonds. The van der Waals surface area contributed by atoms with Gasteiger partial charge in [0.25, 0.3) is 0 Å². The second-order valence-corrected chi connectivity index (χ2v) is 5.54. The maximum Gasteiger partial charge on any atom is 0.310 e. The molecular weight excluding hydrogens is 336 g/mol. The van der Waals surface area contributed by atoms with Gasteiger partial charge >= 0.3 is 5.97 Å². The zero-order valence-corrected chi connectivity index (χ0v) is 14.7. The lowest BCUT2D eigenvalue weighted by atomic mass is 10.1. The third-order valence-corrected chi connectivity index (χ3v) is 3.87. The molecule has 0 aliphatic rings. The number of ether oxygens (including phenoxy) is 4. The molecule has 0 saturated carbocycles. The molecule has 1 heterocycles. The summed E-state index contributed by atoms with van der Waals surface area (Å²) < 4.78 is 26.4. The molecule has 0 aliphatic carbocycles. The number of carbonyl (C=O) groups excluding carboxylic acids is 1. The van der Waals surface area contributed by atoms with Gasteiger partial charge in [0.15, 0.2) is 0 Å². The second-order valence-electron chi connectivity index (χ2n) is 5.54. The number of rotatable bonds is 8. The fourth-order valence-corrected chi connectivity index (χ4v) is 2.52. The molecule has 0 aliphatic heterocycles. The lowest BCUT2D eigenvalue weighted by Gasteiger charge is -2.08. The van der Waals surface area contributed by atoms with Crippen molar-refractivity contribution in [2.45, 2.75) is 6.42 Å². The Morgan fingerprint density at radius 3 is 2.35 bits per heavy atom. The van der Waals surface area contributed by atoms with Crippen molar-refractivity contribution >= 4 is 16.9 Å². The van der Waals surface area contributed by atoms with E-state index in [-0.39, 0.29) is 25.6 Å².